The summed E-state index contributed by atoms with van der Waals surface area (Å²) < 4.78 is 1.83. The van der Waals surface area contributed by atoms with Crippen molar-refractivity contribution in [3.63, 3.8) is 0 Å². The third-order valence-electron chi connectivity index (χ3n) is 7.31. The van der Waals surface area contributed by atoms with Gasteiger partial charge in [-0.3, -0.25) is 9.59 Å². The number of nitrogens with zero attached hydrogens (tertiary/aromatic N) is 3. The molecule has 3 N–H and O–H groups in total. The molecule has 0 atom stereocenters. The standard InChI is InChI=1S/C31H29N5O3S/c37-20-21-13-15-35(16-14-21)26-8-3-22(4-9-26)30(38)34-25-7-12-28-23(18-25)19-32-36(28)27-10-5-24(6-11-27)33-31(39)29-2-1-17-40-29/h1-12,17-19,21,37H,13-16,20H2,(H,33,39)(H,34,38). The number of nitrogens with one attached hydrogen (secondary N) is 2. The summed E-state index contributed by atoms with van der Waals surface area (Å²) in [6.07, 6.45) is 3.74. The van der Waals surface area contributed by atoms with Crippen LogP contribution < -0.4 is 15.5 Å². The fraction of sp³-hybridized carbons (Fsp3) is 0.194. The summed E-state index contributed by atoms with van der Waals surface area (Å²) >= 11 is 1.40. The van der Waals surface area contributed by atoms with Crippen LogP contribution in [0, 0.1) is 5.92 Å². The molecule has 0 unspecified atom stereocenters. The molecule has 3 heterocycles. The molecule has 0 spiro atoms. The lowest BCUT2D eigenvalue weighted by Crippen LogP contribution is -2.34. The highest BCUT2D eigenvalue weighted by molar-refractivity contribution is 7.12. The van der Waals surface area contributed by atoms with E-state index in [-0.39, 0.29) is 18.4 Å². The van der Waals surface area contributed by atoms with E-state index in [4.69, 9.17) is 0 Å². The number of anilines is 3. The minimum atomic E-state index is -0.169. The van der Waals surface area contributed by atoms with Crippen LogP contribution in [0.15, 0.2) is 90.4 Å². The molecule has 1 aliphatic heterocycles. The summed E-state index contributed by atoms with van der Waals surface area (Å²) in [6, 6.07) is 24.6. The van der Waals surface area contributed by atoms with Gasteiger partial charge in [0.05, 0.1) is 22.3 Å². The average Bonchev–Trinajstić information content (AvgIpc) is 3.69. The maximum absolute atomic E-state index is 12.9. The number of thiophene rings is 1. The number of fused-ring (bicyclic) bond motifs is 1. The molecule has 0 radical (unpaired) electrons. The van der Waals surface area contributed by atoms with E-state index in [0.29, 0.717) is 27.7 Å². The maximum Gasteiger partial charge on any atom is 0.265 e. The van der Waals surface area contributed by atoms with Crippen molar-refractivity contribution in [2.75, 3.05) is 35.2 Å². The number of aliphatic hydroxyl groups excluding tert-OH is 1. The number of rotatable bonds is 7. The zero-order chi connectivity index (χ0) is 27.5. The van der Waals surface area contributed by atoms with E-state index in [0.717, 1.165) is 48.2 Å². The van der Waals surface area contributed by atoms with Crippen LogP contribution in [-0.4, -0.2) is 46.4 Å². The molecular formula is C31H29N5O3S. The SMILES string of the molecule is O=C(Nc1ccc2c(cnn2-c2ccc(NC(=O)c3cccs3)cc2)c1)c1ccc(N2CCC(CO)CC2)cc1. The molecule has 9 heteroatoms. The van der Waals surface area contributed by atoms with E-state index in [9.17, 15) is 14.7 Å². The normalized spacial score (nSPS) is 13.9. The van der Waals surface area contributed by atoms with Crippen LogP contribution in [0.5, 0.6) is 0 Å². The van der Waals surface area contributed by atoms with Gasteiger partial charge in [-0.2, -0.15) is 5.10 Å². The molecule has 2 aromatic heterocycles. The van der Waals surface area contributed by atoms with Crippen molar-refractivity contribution in [2.24, 2.45) is 5.92 Å². The third-order valence-corrected chi connectivity index (χ3v) is 8.18. The van der Waals surface area contributed by atoms with Gasteiger partial charge in [0.2, 0.25) is 0 Å². The molecule has 8 nitrogen and oxygen atoms in total. The molecular weight excluding hydrogens is 522 g/mol. The van der Waals surface area contributed by atoms with Crippen molar-refractivity contribution in [3.8, 4) is 5.69 Å². The van der Waals surface area contributed by atoms with Crippen molar-refractivity contribution >= 4 is 51.1 Å². The molecule has 1 saturated heterocycles. The highest BCUT2D eigenvalue weighted by Gasteiger charge is 2.19. The Bertz CT molecular complexity index is 1620. The summed E-state index contributed by atoms with van der Waals surface area (Å²) in [4.78, 5) is 28.2. The number of hydrogen-bond acceptors (Lipinski definition) is 6. The first-order valence-corrected chi connectivity index (χ1v) is 14.2. The van der Waals surface area contributed by atoms with Gasteiger partial charge in [-0.15, -0.1) is 11.3 Å². The van der Waals surface area contributed by atoms with Gasteiger partial charge >= 0.3 is 0 Å². The van der Waals surface area contributed by atoms with E-state index in [1.807, 2.05) is 82.9 Å². The van der Waals surface area contributed by atoms with Gasteiger partial charge in [0.25, 0.3) is 11.8 Å². The Morgan fingerprint density at radius 3 is 2.27 bits per heavy atom. The molecule has 3 aromatic carbocycles. The first-order valence-electron chi connectivity index (χ1n) is 13.3. The Labute approximate surface area is 235 Å². The second-order valence-electron chi connectivity index (χ2n) is 9.92. The Kier molecular flexibility index (Phi) is 7.31. The molecule has 0 aliphatic carbocycles. The Morgan fingerprint density at radius 2 is 1.57 bits per heavy atom. The van der Waals surface area contributed by atoms with E-state index in [1.165, 1.54) is 11.3 Å². The molecule has 40 heavy (non-hydrogen) atoms. The zero-order valence-corrected chi connectivity index (χ0v) is 22.6. The molecule has 1 fully saturated rings. The zero-order valence-electron chi connectivity index (χ0n) is 21.8. The predicted octanol–water partition coefficient (Wildman–Crippen LogP) is 5.80. The number of aromatic nitrogens is 2. The van der Waals surface area contributed by atoms with E-state index >= 15 is 0 Å². The number of amides is 2. The van der Waals surface area contributed by atoms with Gasteiger partial charge < -0.3 is 20.6 Å². The molecule has 5 aromatic rings. The highest BCUT2D eigenvalue weighted by atomic mass is 32.1. The van der Waals surface area contributed by atoms with Gasteiger partial charge in [-0.25, -0.2) is 4.68 Å². The van der Waals surface area contributed by atoms with Crippen LogP contribution in [0.2, 0.25) is 0 Å². The minimum absolute atomic E-state index is 0.128. The summed E-state index contributed by atoms with van der Waals surface area (Å²) in [7, 11) is 0. The summed E-state index contributed by atoms with van der Waals surface area (Å²) in [5.41, 5.74) is 4.86. The lowest BCUT2D eigenvalue weighted by Gasteiger charge is -2.32. The van der Waals surface area contributed by atoms with Crippen molar-refractivity contribution < 1.29 is 14.7 Å². The number of piperidine rings is 1. The first kappa shape index (κ1) is 25.8. The van der Waals surface area contributed by atoms with E-state index in [2.05, 4.69) is 20.6 Å². The highest BCUT2D eigenvalue weighted by Crippen LogP contribution is 2.26. The molecule has 1 aliphatic rings. The van der Waals surface area contributed by atoms with Crippen molar-refractivity contribution in [1.29, 1.82) is 0 Å². The largest absolute Gasteiger partial charge is 0.396 e. The lowest BCUT2D eigenvalue weighted by atomic mass is 9.97. The lowest BCUT2D eigenvalue weighted by molar-refractivity contribution is 0.102. The maximum atomic E-state index is 12.9. The fourth-order valence-electron chi connectivity index (χ4n) is 5.00. The molecule has 2 amide bonds. The van der Waals surface area contributed by atoms with Crippen LogP contribution in [0.4, 0.5) is 17.1 Å². The monoisotopic (exact) mass is 551 g/mol. The second kappa shape index (κ2) is 11.3. The van der Waals surface area contributed by atoms with Crippen LogP contribution in [0.25, 0.3) is 16.6 Å². The fourth-order valence-corrected chi connectivity index (χ4v) is 5.62. The van der Waals surface area contributed by atoms with Crippen molar-refractivity contribution in [2.45, 2.75) is 12.8 Å². The van der Waals surface area contributed by atoms with E-state index < -0.39 is 0 Å². The molecule has 6 rings (SSSR count). The van der Waals surface area contributed by atoms with Crippen LogP contribution in [0.3, 0.4) is 0 Å². The van der Waals surface area contributed by atoms with Gasteiger partial charge in [0, 0.05) is 47.7 Å². The average molecular weight is 552 g/mol. The number of carbonyl (C=O) groups is 2. The van der Waals surface area contributed by atoms with Crippen LogP contribution >= 0.6 is 11.3 Å². The number of aliphatic hydroxyl groups is 1. The molecule has 0 saturated carbocycles. The third kappa shape index (κ3) is 5.47. The van der Waals surface area contributed by atoms with Crippen LogP contribution in [-0.2, 0) is 0 Å². The van der Waals surface area contributed by atoms with Crippen molar-refractivity contribution in [3.05, 3.63) is 101 Å². The molecule has 0 bridgehead atoms. The summed E-state index contributed by atoms with van der Waals surface area (Å²) in [5, 5.41) is 22.6. The minimum Gasteiger partial charge on any atom is -0.396 e. The second-order valence-corrected chi connectivity index (χ2v) is 10.9. The Morgan fingerprint density at radius 1 is 0.875 bits per heavy atom. The number of hydrogen-bond donors (Lipinski definition) is 3. The summed E-state index contributed by atoms with van der Waals surface area (Å²) in [6.45, 7) is 2.09. The Hall–Kier alpha value is -4.47. The topological polar surface area (TPSA) is 99.5 Å². The smallest absolute Gasteiger partial charge is 0.265 e. The number of carbonyl (C=O) groups excluding carboxylic acids is 2. The van der Waals surface area contributed by atoms with Gasteiger partial charge in [0.1, 0.15) is 0 Å². The number of benzene rings is 3. The van der Waals surface area contributed by atoms with Gasteiger partial charge in [-0.1, -0.05) is 6.07 Å². The quantitative estimate of drug-likeness (QED) is 0.237. The van der Waals surface area contributed by atoms with E-state index in [1.54, 1.807) is 12.3 Å². The van der Waals surface area contributed by atoms with Gasteiger partial charge in [0.15, 0.2) is 0 Å². The predicted molar refractivity (Wildman–Crippen MR) is 160 cm³/mol. The molecule has 202 valence electrons. The Balaban J connectivity index is 1.10. The van der Waals surface area contributed by atoms with Crippen molar-refractivity contribution in [1.82, 2.24) is 9.78 Å². The van der Waals surface area contributed by atoms with Gasteiger partial charge in [-0.05, 0) is 96.9 Å². The summed E-state index contributed by atoms with van der Waals surface area (Å²) in [5.74, 6) is 0.0939. The first-order chi connectivity index (χ1) is 19.6. The van der Waals surface area contributed by atoms with Crippen LogP contribution in [0.1, 0.15) is 32.9 Å².